The summed E-state index contributed by atoms with van der Waals surface area (Å²) in [5.74, 6) is -1.19. The lowest BCUT2D eigenvalue weighted by Crippen LogP contribution is -2.26. The summed E-state index contributed by atoms with van der Waals surface area (Å²) in [7, 11) is -2.51. The first-order valence-corrected chi connectivity index (χ1v) is 9.49. The highest BCUT2D eigenvalue weighted by Crippen LogP contribution is 2.24. The Morgan fingerprint density at radius 1 is 1.17 bits per heavy atom. The van der Waals surface area contributed by atoms with Crippen LogP contribution in [0.3, 0.4) is 0 Å². The summed E-state index contributed by atoms with van der Waals surface area (Å²) in [6, 6.07) is 11.4. The second kappa shape index (κ2) is 6.61. The highest BCUT2D eigenvalue weighted by molar-refractivity contribution is 7.92. The number of sulfonamides is 1. The van der Waals surface area contributed by atoms with Gasteiger partial charge in [0.05, 0.1) is 16.1 Å². The second-order valence-electron chi connectivity index (χ2n) is 4.75. The Morgan fingerprint density at radius 3 is 2.30 bits per heavy atom. The third-order valence-corrected chi connectivity index (χ3v) is 5.99. The van der Waals surface area contributed by atoms with Crippen molar-refractivity contribution in [2.75, 3.05) is 17.6 Å². The molecule has 0 amide bonds. The van der Waals surface area contributed by atoms with Gasteiger partial charge in [-0.3, -0.25) is 4.31 Å². The first kappa shape index (κ1) is 17.3. The standard InChI is InChI=1S/C15H15NO5S2/c1-16(12-6-8-13(9-7-12)22(2)19)23(20,21)14-5-3-4-11(10-14)15(17)18/h3-10H,1-2H3,(H,17,18). The van der Waals surface area contributed by atoms with Crippen molar-refractivity contribution in [3.8, 4) is 0 Å². The number of carbonyl (C=O) groups is 1. The molecule has 1 atom stereocenters. The quantitative estimate of drug-likeness (QED) is 0.829. The van der Waals surface area contributed by atoms with Gasteiger partial charge in [-0.2, -0.15) is 0 Å². The monoisotopic (exact) mass is 353 g/mol. The van der Waals surface area contributed by atoms with Crippen LogP contribution in [0.5, 0.6) is 0 Å². The Bertz CT molecular complexity index is 816. The van der Waals surface area contributed by atoms with Gasteiger partial charge >= 0.3 is 5.97 Å². The number of aromatic carboxylic acids is 1. The molecule has 1 unspecified atom stereocenters. The number of hydrogen-bond donors (Lipinski definition) is 1. The van der Waals surface area contributed by atoms with Crippen LogP contribution in [0.1, 0.15) is 10.4 Å². The van der Waals surface area contributed by atoms with Gasteiger partial charge in [0.15, 0.2) is 4.90 Å². The third-order valence-electron chi connectivity index (χ3n) is 3.27. The lowest BCUT2D eigenvalue weighted by Gasteiger charge is -2.20. The Kier molecular flexibility index (Phi) is 4.98. The van der Waals surface area contributed by atoms with E-state index >= 15 is 0 Å². The van der Waals surface area contributed by atoms with Crippen LogP contribution in [-0.2, 0) is 21.2 Å². The number of rotatable bonds is 5. The number of benzene rings is 2. The summed E-state index contributed by atoms with van der Waals surface area (Å²) in [4.78, 5) is 11.5. The molecule has 0 saturated heterocycles. The fraction of sp³-hybridized carbons (Fsp3) is 0.133. The van der Waals surface area contributed by atoms with Crippen LogP contribution in [0.25, 0.3) is 0 Å². The zero-order valence-corrected chi connectivity index (χ0v) is 14.1. The van der Waals surface area contributed by atoms with Crippen LogP contribution in [0, 0.1) is 0 Å². The van der Waals surface area contributed by atoms with E-state index in [0.29, 0.717) is 10.6 Å². The van der Waals surface area contributed by atoms with E-state index in [9.17, 15) is 17.8 Å². The van der Waals surface area contributed by atoms with Crippen LogP contribution < -0.4 is 4.31 Å². The van der Waals surface area contributed by atoms with Crippen molar-refractivity contribution >= 4 is 32.9 Å². The second-order valence-corrected chi connectivity index (χ2v) is 8.10. The third kappa shape index (κ3) is 3.66. The smallest absolute Gasteiger partial charge is 0.335 e. The highest BCUT2D eigenvalue weighted by atomic mass is 32.2. The Labute approximate surface area is 137 Å². The maximum atomic E-state index is 12.6. The van der Waals surface area contributed by atoms with E-state index in [-0.39, 0.29) is 10.5 Å². The summed E-state index contributed by atoms with van der Waals surface area (Å²) >= 11 is -1.15. The molecule has 0 radical (unpaired) electrons. The average molecular weight is 353 g/mol. The van der Waals surface area contributed by atoms with Crippen molar-refractivity contribution < 1.29 is 22.9 Å². The average Bonchev–Trinajstić information content (AvgIpc) is 2.54. The van der Waals surface area contributed by atoms with Crippen molar-refractivity contribution in [1.82, 2.24) is 0 Å². The highest BCUT2D eigenvalue weighted by Gasteiger charge is 2.22. The number of carboxylic acid groups (broad SMARTS) is 1. The first-order chi connectivity index (χ1) is 10.7. The molecule has 122 valence electrons. The zero-order chi connectivity index (χ0) is 17.2. The van der Waals surface area contributed by atoms with E-state index in [1.54, 1.807) is 24.3 Å². The molecule has 1 N–H and O–H groups in total. The van der Waals surface area contributed by atoms with Gasteiger partial charge in [-0.05, 0) is 53.6 Å². The van der Waals surface area contributed by atoms with E-state index in [1.165, 1.54) is 31.5 Å². The minimum atomic E-state index is -3.89. The summed E-state index contributed by atoms with van der Waals surface area (Å²) in [5, 5.41) is 8.98. The van der Waals surface area contributed by atoms with Crippen molar-refractivity contribution in [3.63, 3.8) is 0 Å². The molecular formula is C15H15NO5S2. The van der Waals surface area contributed by atoms with Crippen molar-refractivity contribution in [1.29, 1.82) is 0 Å². The van der Waals surface area contributed by atoms with E-state index < -0.39 is 27.2 Å². The predicted molar refractivity (Wildman–Crippen MR) is 87.8 cm³/mol. The Balaban J connectivity index is 2.38. The van der Waals surface area contributed by atoms with Gasteiger partial charge in [-0.15, -0.1) is 0 Å². The van der Waals surface area contributed by atoms with E-state index in [4.69, 9.17) is 5.11 Å². The van der Waals surface area contributed by atoms with Crippen molar-refractivity contribution in [3.05, 3.63) is 54.1 Å². The minimum absolute atomic E-state index is 0.101. The van der Waals surface area contributed by atoms with Gasteiger partial charge in [0.25, 0.3) is 10.0 Å². The van der Waals surface area contributed by atoms with Gasteiger partial charge in [-0.1, -0.05) is 6.07 Å². The molecule has 0 fully saturated rings. The summed E-state index contributed by atoms with van der Waals surface area (Å²) in [6.07, 6.45) is 1.53. The topological polar surface area (TPSA) is 97.7 Å². The molecule has 2 aromatic rings. The van der Waals surface area contributed by atoms with E-state index in [2.05, 4.69) is 0 Å². The molecule has 0 heterocycles. The molecule has 0 aliphatic heterocycles. The molecule has 0 spiro atoms. The molecule has 0 aliphatic carbocycles. The van der Waals surface area contributed by atoms with Crippen LogP contribution >= 0.6 is 0 Å². The van der Waals surface area contributed by atoms with Gasteiger partial charge in [0.1, 0.15) is 6.26 Å². The zero-order valence-electron chi connectivity index (χ0n) is 12.5. The van der Waals surface area contributed by atoms with Crippen LogP contribution in [-0.4, -0.2) is 37.3 Å². The maximum absolute atomic E-state index is 12.6. The van der Waals surface area contributed by atoms with E-state index in [1.807, 2.05) is 0 Å². The number of anilines is 1. The number of hydrogen-bond acceptors (Lipinski definition) is 4. The van der Waals surface area contributed by atoms with Gasteiger partial charge in [0.2, 0.25) is 0 Å². The largest absolute Gasteiger partial charge is 0.612 e. The molecule has 2 rings (SSSR count). The summed E-state index contributed by atoms with van der Waals surface area (Å²) in [6.45, 7) is 0. The maximum Gasteiger partial charge on any atom is 0.335 e. The van der Waals surface area contributed by atoms with Crippen LogP contribution in [0.15, 0.2) is 58.3 Å². The molecule has 23 heavy (non-hydrogen) atoms. The van der Waals surface area contributed by atoms with Crippen LogP contribution in [0.2, 0.25) is 0 Å². The fourth-order valence-corrected chi connectivity index (χ4v) is 3.70. The molecule has 8 heteroatoms. The molecule has 0 bridgehead atoms. The SMILES string of the molecule is CN(c1ccc([S+](C)[O-])cc1)S(=O)(=O)c1cccc(C(=O)O)c1. The van der Waals surface area contributed by atoms with Gasteiger partial charge in [0, 0.05) is 7.05 Å². The summed E-state index contributed by atoms with van der Waals surface area (Å²) < 4.78 is 37.6. The molecule has 0 aliphatic rings. The minimum Gasteiger partial charge on any atom is -0.612 e. The number of carboxylic acids is 1. The van der Waals surface area contributed by atoms with E-state index in [0.717, 1.165) is 10.4 Å². The molecular weight excluding hydrogens is 338 g/mol. The Hall–Kier alpha value is -2.03. The molecule has 2 aromatic carbocycles. The first-order valence-electron chi connectivity index (χ1n) is 6.49. The molecule has 0 aromatic heterocycles. The van der Waals surface area contributed by atoms with Gasteiger partial charge < -0.3 is 9.66 Å². The van der Waals surface area contributed by atoms with Gasteiger partial charge in [-0.25, -0.2) is 13.2 Å². The number of nitrogens with zero attached hydrogens (tertiary/aromatic N) is 1. The van der Waals surface area contributed by atoms with Crippen molar-refractivity contribution in [2.45, 2.75) is 9.79 Å². The lowest BCUT2D eigenvalue weighted by atomic mass is 10.2. The molecule has 6 nitrogen and oxygen atoms in total. The summed E-state index contributed by atoms with van der Waals surface area (Å²) in [5.41, 5.74) is 0.288. The van der Waals surface area contributed by atoms with Crippen LogP contribution in [0.4, 0.5) is 5.69 Å². The normalized spacial score (nSPS) is 12.7. The lowest BCUT2D eigenvalue weighted by molar-refractivity contribution is 0.0696. The predicted octanol–water partition coefficient (Wildman–Crippen LogP) is 1.95. The van der Waals surface area contributed by atoms with Crippen molar-refractivity contribution in [2.24, 2.45) is 0 Å². The fourth-order valence-electron chi connectivity index (χ4n) is 1.93. The molecule has 0 saturated carbocycles. The Morgan fingerprint density at radius 2 is 1.78 bits per heavy atom.